The van der Waals surface area contributed by atoms with E-state index in [-0.39, 0.29) is 18.1 Å². The van der Waals surface area contributed by atoms with Crippen molar-refractivity contribution in [1.29, 1.82) is 0 Å². The average molecular weight is 518 g/mol. The van der Waals surface area contributed by atoms with E-state index in [1.807, 2.05) is 6.07 Å². The summed E-state index contributed by atoms with van der Waals surface area (Å²) >= 11 is 13.2. The minimum atomic E-state index is -0.577. The lowest BCUT2D eigenvalue weighted by Gasteiger charge is -2.09. The molecule has 0 bridgehead atoms. The first-order valence-electron chi connectivity index (χ1n) is 9.79. The van der Waals surface area contributed by atoms with E-state index < -0.39 is 11.8 Å². The van der Waals surface area contributed by atoms with Crippen LogP contribution in [0.15, 0.2) is 49.1 Å². The molecule has 10 nitrogen and oxygen atoms in total. The van der Waals surface area contributed by atoms with Crippen LogP contribution in [0.1, 0.15) is 11.6 Å². The van der Waals surface area contributed by atoms with Crippen LogP contribution in [0.4, 0.5) is 9.18 Å². The fourth-order valence-corrected chi connectivity index (χ4v) is 4.33. The number of carbonyl (C=O) groups excluding carboxylic acids is 1. The predicted molar refractivity (Wildman–Crippen MR) is 125 cm³/mol. The SMILES string of the molecule is O=C(NCc1ncnn1-c1ccc(Cl)c(F)c1)NCc1ncnn1-c1nc2cc(Cl)ccc2s1. The van der Waals surface area contributed by atoms with Crippen LogP contribution in [0, 0.1) is 5.82 Å². The molecule has 5 rings (SSSR count). The van der Waals surface area contributed by atoms with Crippen molar-refractivity contribution >= 4 is 50.8 Å². The van der Waals surface area contributed by atoms with Crippen molar-refractivity contribution in [2.24, 2.45) is 0 Å². The van der Waals surface area contributed by atoms with E-state index in [0.29, 0.717) is 27.5 Å². The molecule has 3 aromatic heterocycles. The number of fused-ring (bicyclic) bond motifs is 1. The Kier molecular flexibility index (Phi) is 6.09. The van der Waals surface area contributed by atoms with E-state index in [9.17, 15) is 9.18 Å². The third kappa shape index (κ3) is 4.55. The normalized spacial score (nSPS) is 11.1. The fraction of sp³-hybridized carbons (Fsp3) is 0.100. The first-order chi connectivity index (χ1) is 16.5. The van der Waals surface area contributed by atoms with Gasteiger partial charge in [0.2, 0.25) is 5.13 Å². The Morgan fingerprint density at radius 2 is 1.68 bits per heavy atom. The number of nitrogens with zero attached hydrogens (tertiary/aromatic N) is 7. The van der Waals surface area contributed by atoms with Crippen molar-refractivity contribution < 1.29 is 9.18 Å². The predicted octanol–water partition coefficient (Wildman–Crippen LogP) is 3.90. The van der Waals surface area contributed by atoms with Gasteiger partial charge in [0, 0.05) is 11.1 Å². The topological polar surface area (TPSA) is 115 Å². The van der Waals surface area contributed by atoms with Gasteiger partial charge < -0.3 is 10.6 Å². The van der Waals surface area contributed by atoms with Gasteiger partial charge in [-0.1, -0.05) is 34.5 Å². The minimum Gasteiger partial charge on any atom is -0.331 e. The van der Waals surface area contributed by atoms with Crippen LogP contribution in [0.3, 0.4) is 0 Å². The zero-order chi connectivity index (χ0) is 23.7. The molecule has 5 aromatic rings. The second-order valence-corrected chi connectivity index (χ2v) is 8.77. The van der Waals surface area contributed by atoms with Gasteiger partial charge in [-0.05, 0) is 30.3 Å². The Labute approximate surface area is 205 Å². The van der Waals surface area contributed by atoms with Crippen LogP contribution in [0.25, 0.3) is 21.0 Å². The molecule has 0 atom stereocenters. The number of urea groups is 1. The maximum Gasteiger partial charge on any atom is 0.315 e. The Balaban J connectivity index is 1.22. The molecule has 2 aromatic carbocycles. The molecule has 34 heavy (non-hydrogen) atoms. The van der Waals surface area contributed by atoms with Gasteiger partial charge in [0.05, 0.1) is 34.0 Å². The zero-order valence-electron chi connectivity index (χ0n) is 17.1. The molecule has 0 spiro atoms. The van der Waals surface area contributed by atoms with Crippen LogP contribution in [-0.4, -0.2) is 40.5 Å². The summed E-state index contributed by atoms with van der Waals surface area (Å²) in [4.78, 5) is 25.2. The van der Waals surface area contributed by atoms with Gasteiger partial charge in [-0.2, -0.15) is 14.9 Å². The number of carbonyl (C=O) groups is 1. The highest BCUT2D eigenvalue weighted by atomic mass is 35.5. The summed E-state index contributed by atoms with van der Waals surface area (Å²) in [7, 11) is 0. The maximum atomic E-state index is 13.8. The Morgan fingerprint density at radius 1 is 0.971 bits per heavy atom. The van der Waals surface area contributed by atoms with Crippen LogP contribution >= 0.6 is 34.5 Å². The number of aromatic nitrogens is 7. The van der Waals surface area contributed by atoms with Gasteiger partial charge in [0.1, 0.15) is 18.5 Å². The molecule has 2 N–H and O–H groups in total. The Hall–Kier alpha value is -3.61. The van der Waals surface area contributed by atoms with Gasteiger partial charge in [-0.25, -0.2) is 28.8 Å². The molecule has 0 fully saturated rings. The van der Waals surface area contributed by atoms with Crippen molar-refractivity contribution in [3.05, 3.63) is 76.6 Å². The average Bonchev–Trinajstić information content (AvgIpc) is 3.56. The molecule has 0 aliphatic rings. The lowest BCUT2D eigenvalue weighted by Crippen LogP contribution is -2.36. The summed E-state index contributed by atoms with van der Waals surface area (Å²) in [6, 6.07) is 9.27. The highest BCUT2D eigenvalue weighted by molar-refractivity contribution is 7.20. The summed E-state index contributed by atoms with van der Waals surface area (Å²) in [5, 5.41) is 14.9. The third-order valence-corrected chi connectivity index (χ3v) is 6.27. The summed E-state index contributed by atoms with van der Waals surface area (Å²) in [6.45, 7) is 0.166. The molecule has 0 aliphatic heterocycles. The summed E-state index contributed by atoms with van der Waals surface area (Å²) in [5.74, 6) is 0.333. The second kappa shape index (κ2) is 9.33. The smallest absolute Gasteiger partial charge is 0.315 e. The molecule has 0 saturated heterocycles. The molecule has 14 heteroatoms. The molecule has 0 radical (unpaired) electrons. The van der Waals surface area contributed by atoms with E-state index >= 15 is 0 Å². The van der Waals surface area contributed by atoms with Crippen LogP contribution < -0.4 is 10.6 Å². The van der Waals surface area contributed by atoms with Crippen molar-refractivity contribution in [2.45, 2.75) is 13.1 Å². The van der Waals surface area contributed by atoms with Gasteiger partial charge in [-0.15, -0.1) is 0 Å². The molecule has 2 amide bonds. The fourth-order valence-electron chi connectivity index (χ4n) is 3.12. The van der Waals surface area contributed by atoms with Gasteiger partial charge >= 0.3 is 6.03 Å². The lowest BCUT2D eigenvalue weighted by atomic mass is 10.3. The van der Waals surface area contributed by atoms with E-state index in [2.05, 4.69) is 35.8 Å². The number of benzene rings is 2. The number of rotatable bonds is 6. The van der Waals surface area contributed by atoms with Crippen LogP contribution in [0.2, 0.25) is 10.0 Å². The Morgan fingerprint density at radius 3 is 2.41 bits per heavy atom. The largest absolute Gasteiger partial charge is 0.331 e. The summed E-state index contributed by atoms with van der Waals surface area (Å²) < 4.78 is 17.7. The van der Waals surface area contributed by atoms with E-state index in [0.717, 1.165) is 10.2 Å². The minimum absolute atomic E-state index is 0.00501. The van der Waals surface area contributed by atoms with Gasteiger partial charge in [-0.3, -0.25) is 0 Å². The van der Waals surface area contributed by atoms with E-state index in [1.54, 1.807) is 22.9 Å². The number of thiazole rings is 1. The van der Waals surface area contributed by atoms with Crippen molar-refractivity contribution in [3.8, 4) is 10.8 Å². The van der Waals surface area contributed by atoms with Crippen LogP contribution in [-0.2, 0) is 13.1 Å². The Bertz CT molecular complexity index is 1500. The molecule has 172 valence electrons. The second-order valence-electron chi connectivity index (χ2n) is 6.92. The zero-order valence-corrected chi connectivity index (χ0v) is 19.4. The van der Waals surface area contributed by atoms with Gasteiger partial charge in [0.25, 0.3) is 0 Å². The first kappa shape index (κ1) is 22.2. The number of hydrogen-bond acceptors (Lipinski definition) is 7. The van der Waals surface area contributed by atoms with Crippen molar-refractivity contribution in [3.63, 3.8) is 0 Å². The number of halogens is 3. The van der Waals surface area contributed by atoms with E-state index in [1.165, 1.54) is 40.8 Å². The number of nitrogens with one attached hydrogen (secondary N) is 2. The van der Waals surface area contributed by atoms with Crippen molar-refractivity contribution in [1.82, 2.24) is 45.1 Å². The first-order valence-corrected chi connectivity index (χ1v) is 11.4. The highest BCUT2D eigenvalue weighted by Crippen LogP contribution is 2.27. The number of hydrogen-bond donors (Lipinski definition) is 2. The standard InChI is InChI=1S/C20H14Cl2FN9OS/c21-11-1-4-16-15(5-11)30-20(34-16)32-18(27-10-29-32)8-25-19(33)24-7-17-26-9-28-31(17)12-2-3-13(22)14(23)6-12/h1-6,9-10H,7-8H2,(H2,24,25,33). The lowest BCUT2D eigenvalue weighted by molar-refractivity contribution is 0.239. The molecular formula is C20H14Cl2FN9OS. The molecular weight excluding hydrogens is 504 g/mol. The third-order valence-electron chi connectivity index (χ3n) is 4.72. The highest BCUT2D eigenvalue weighted by Gasteiger charge is 2.14. The molecule has 0 unspecified atom stereocenters. The van der Waals surface area contributed by atoms with Crippen molar-refractivity contribution in [2.75, 3.05) is 0 Å². The maximum absolute atomic E-state index is 13.8. The monoisotopic (exact) mass is 517 g/mol. The summed E-state index contributed by atoms with van der Waals surface area (Å²) in [5.41, 5.74) is 1.19. The molecule has 3 heterocycles. The number of amides is 2. The molecule has 0 aliphatic carbocycles. The quantitative estimate of drug-likeness (QED) is 0.352. The van der Waals surface area contributed by atoms with Crippen LogP contribution in [0.5, 0.6) is 0 Å². The summed E-state index contributed by atoms with van der Waals surface area (Å²) in [6.07, 6.45) is 2.71. The van der Waals surface area contributed by atoms with Gasteiger partial charge in [0.15, 0.2) is 11.6 Å². The van der Waals surface area contributed by atoms with E-state index in [4.69, 9.17) is 23.2 Å². The molecule has 0 saturated carbocycles.